The van der Waals surface area contributed by atoms with Crippen LogP contribution >= 0.6 is 0 Å². The lowest BCUT2D eigenvalue weighted by molar-refractivity contribution is 0.0772. The third-order valence-electron chi connectivity index (χ3n) is 6.15. The normalized spacial score (nSPS) is 22.5. The second-order valence-corrected chi connectivity index (χ2v) is 8.10. The molecule has 2 saturated heterocycles. The fourth-order valence-corrected chi connectivity index (χ4v) is 4.66. The quantitative estimate of drug-likeness (QED) is 0.755. The third-order valence-corrected chi connectivity index (χ3v) is 6.15. The van der Waals surface area contributed by atoms with Gasteiger partial charge >= 0.3 is 5.69 Å². The summed E-state index contributed by atoms with van der Waals surface area (Å²) in [5.74, 6) is -0.00613. The van der Waals surface area contributed by atoms with E-state index in [1.54, 1.807) is 18.3 Å². The molecule has 2 fully saturated rings. The average molecular weight is 377 g/mol. The fourth-order valence-electron chi connectivity index (χ4n) is 4.66. The summed E-state index contributed by atoms with van der Waals surface area (Å²) >= 11 is 0. The van der Waals surface area contributed by atoms with Crippen LogP contribution in [0.25, 0.3) is 5.65 Å². The molecule has 2 aromatic heterocycles. The number of nitrogens with one attached hydrogen (secondary N) is 1. The number of rotatable bonds is 3. The van der Waals surface area contributed by atoms with Crippen molar-refractivity contribution >= 4 is 11.6 Å². The summed E-state index contributed by atoms with van der Waals surface area (Å²) in [5, 5.41) is 6.32. The van der Waals surface area contributed by atoms with Crippen molar-refractivity contribution in [1.29, 1.82) is 0 Å². The molecule has 7 heteroatoms. The van der Waals surface area contributed by atoms with Crippen molar-refractivity contribution in [1.82, 2.24) is 24.4 Å². The smallest absolute Gasteiger partial charge is 0.338 e. The van der Waals surface area contributed by atoms with Crippen LogP contribution in [0.15, 0.2) is 53.5 Å². The Morgan fingerprint density at radius 1 is 1.07 bits per heavy atom. The lowest BCUT2D eigenvalue weighted by atomic mass is 9.86. The first-order chi connectivity index (χ1) is 13.6. The monoisotopic (exact) mass is 377 g/mol. The minimum atomic E-state index is -0.324. The summed E-state index contributed by atoms with van der Waals surface area (Å²) in [4.78, 5) is 29.2. The maximum Gasteiger partial charge on any atom is 0.347 e. The molecule has 28 heavy (non-hydrogen) atoms. The summed E-state index contributed by atoms with van der Waals surface area (Å²) in [6, 6.07) is 14.0. The molecule has 4 heterocycles. The fraction of sp³-hybridized carbons (Fsp3) is 0.381. The molecule has 1 spiro atoms. The molecule has 0 bridgehead atoms. The third kappa shape index (κ3) is 3.01. The molecular weight excluding hydrogens is 354 g/mol. The zero-order valence-corrected chi connectivity index (χ0v) is 15.7. The topological polar surface area (TPSA) is 73.7 Å². The van der Waals surface area contributed by atoms with Gasteiger partial charge in [0.1, 0.15) is 0 Å². The van der Waals surface area contributed by atoms with Crippen molar-refractivity contribution in [3.05, 3.63) is 70.3 Å². The molecule has 1 N–H and O–H groups in total. The van der Waals surface area contributed by atoms with E-state index >= 15 is 0 Å². The number of carbonyl (C=O) groups excluding carboxylic acids is 1. The van der Waals surface area contributed by atoms with Crippen molar-refractivity contribution < 1.29 is 4.79 Å². The van der Waals surface area contributed by atoms with Crippen LogP contribution in [0.3, 0.4) is 0 Å². The van der Waals surface area contributed by atoms with Crippen LogP contribution in [0, 0.1) is 5.41 Å². The standard InChI is InChI=1S/C21H23N5O2/c27-19(17-6-7-18-22-23-20(28)26(18)13-17)25-11-9-21(15-25)8-10-24(14-21)12-16-4-2-1-3-5-16/h1-7,13H,8-12,14-15H2,(H,23,28). The van der Waals surface area contributed by atoms with E-state index in [0.29, 0.717) is 11.2 Å². The highest BCUT2D eigenvalue weighted by Gasteiger charge is 2.44. The van der Waals surface area contributed by atoms with E-state index in [1.165, 1.54) is 9.96 Å². The van der Waals surface area contributed by atoms with Crippen molar-refractivity contribution in [3.63, 3.8) is 0 Å². The Kier molecular flexibility index (Phi) is 4.05. The van der Waals surface area contributed by atoms with Crippen LogP contribution < -0.4 is 5.69 Å². The lowest BCUT2D eigenvalue weighted by Crippen LogP contribution is -2.34. The van der Waals surface area contributed by atoms with Crippen LogP contribution in [-0.4, -0.2) is 56.5 Å². The Bertz CT molecular complexity index is 1070. The number of hydrogen-bond acceptors (Lipinski definition) is 4. The van der Waals surface area contributed by atoms with E-state index in [-0.39, 0.29) is 17.0 Å². The highest BCUT2D eigenvalue weighted by Crippen LogP contribution is 2.40. The molecule has 0 radical (unpaired) electrons. The van der Waals surface area contributed by atoms with Crippen LogP contribution in [0.4, 0.5) is 0 Å². The second-order valence-electron chi connectivity index (χ2n) is 8.10. The maximum atomic E-state index is 13.0. The lowest BCUT2D eigenvalue weighted by Gasteiger charge is -2.25. The minimum absolute atomic E-state index is 0.00613. The minimum Gasteiger partial charge on any atom is -0.338 e. The van der Waals surface area contributed by atoms with Gasteiger partial charge in [-0.3, -0.25) is 9.69 Å². The number of benzene rings is 1. The van der Waals surface area contributed by atoms with Crippen LogP contribution in [-0.2, 0) is 6.54 Å². The number of carbonyl (C=O) groups is 1. The summed E-state index contributed by atoms with van der Waals surface area (Å²) < 4.78 is 1.39. The van der Waals surface area contributed by atoms with E-state index in [4.69, 9.17) is 0 Å². The van der Waals surface area contributed by atoms with Gasteiger partial charge in [0.25, 0.3) is 5.91 Å². The Labute approximate surface area is 162 Å². The van der Waals surface area contributed by atoms with Gasteiger partial charge < -0.3 is 4.90 Å². The zero-order chi connectivity index (χ0) is 19.1. The molecule has 0 aliphatic carbocycles. The van der Waals surface area contributed by atoms with Crippen molar-refractivity contribution in [3.8, 4) is 0 Å². The highest BCUT2D eigenvalue weighted by molar-refractivity contribution is 5.94. The largest absolute Gasteiger partial charge is 0.347 e. The molecule has 7 nitrogen and oxygen atoms in total. The predicted molar refractivity (Wildman–Crippen MR) is 105 cm³/mol. The molecule has 1 unspecified atom stereocenters. The Morgan fingerprint density at radius 3 is 2.75 bits per heavy atom. The van der Waals surface area contributed by atoms with Crippen LogP contribution in [0.1, 0.15) is 28.8 Å². The summed E-state index contributed by atoms with van der Waals surface area (Å²) in [7, 11) is 0. The van der Waals surface area contributed by atoms with Gasteiger partial charge in [-0.2, -0.15) is 5.10 Å². The molecular formula is C21H23N5O2. The van der Waals surface area contributed by atoms with E-state index in [0.717, 1.165) is 45.6 Å². The number of hydrogen-bond donors (Lipinski definition) is 1. The van der Waals surface area contributed by atoms with Crippen molar-refractivity contribution in [2.75, 3.05) is 26.2 Å². The number of H-pyrrole nitrogens is 1. The van der Waals surface area contributed by atoms with E-state index in [1.807, 2.05) is 11.0 Å². The molecule has 1 amide bonds. The summed E-state index contributed by atoms with van der Waals surface area (Å²) in [6.07, 6.45) is 3.76. The zero-order valence-electron chi connectivity index (χ0n) is 15.7. The SMILES string of the molecule is O=C(c1ccc2n[nH]c(=O)n2c1)N1CCC2(CCN(Cc3ccccc3)C2)C1. The van der Waals surface area contributed by atoms with Gasteiger partial charge in [0.05, 0.1) is 5.56 Å². The number of amides is 1. The Morgan fingerprint density at radius 2 is 1.89 bits per heavy atom. The van der Waals surface area contributed by atoms with Gasteiger partial charge in [-0.15, -0.1) is 0 Å². The maximum absolute atomic E-state index is 13.0. The van der Waals surface area contributed by atoms with E-state index < -0.39 is 0 Å². The molecule has 1 atom stereocenters. The molecule has 2 aliphatic heterocycles. The average Bonchev–Trinajstić information content (AvgIpc) is 3.42. The second kappa shape index (κ2) is 6.60. The molecule has 2 aliphatic rings. The number of aromatic nitrogens is 3. The molecule has 1 aromatic carbocycles. The van der Waals surface area contributed by atoms with Gasteiger partial charge in [-0.1, -0.05) is 30.3 Å². The first-order valence-corrected chi connectivity index (χ1v) is 9.74. The summed E-state index contributed by atoms with van der Waals surface area (Å²) in [5.41, 5.74) is 2.26. The molecule has 3 aromatic rings. The first kappa shape index (κ1) is 17.2. The van der Waals surface area contributed by atoms with E-state index in [9.17, 15) is 9.59 Å². The molecule has 144 valence electrons. The number of fused-ring (bicyclic) bond motifs is 1. The molecule has 5 rings (SSSR count). The van der Waals surface area contributed by atoms with Gasteiger partial charge in [-0.25, -0.2) is 14.3 Å². The van der Waals surface area contributed by atoms with Crippen molar-refractivity contribution in [2.45, 2.75) is 19.4 Å². The molecule has 0 saturated carbocycles. The van der Waals surface area contributed by atoms with Crippen molar-refractivity contribution in [2.24, 2.45) is 5.41 Å². The number of aromatic amines is 1. The Balaban J connectivity index is 1.28. The highest BCUT2D eigenvalue weighted by atomic mass is 16.2. The first-order valence-electron chi connectivity index (χ1n) is 9.74. The summed E-state index contributed by atoms with van der Waals surface area (Å²) in [6.45, 7) is 4.64. The van der Waals surface area contributed by atoms with Gasteiger partial charge in [-0.05, 0) is 37.1 Å². The predicted octanol–water partition coefficient (Wildman–Crippen LogP) is 1.76. The van der Waals surface area contributed by atoms with Crippen LogP contribution in [0.5, 0.6) is 0 Å². The van der Waals surface area contributed by atoms with Crippen LogP contribution in [0.2, 0.25) is 0 Å². The van der Waals surface area contributed by atoms with E-state index in [2.05, 4.69) is 39.4 Å². The number of likely N-dealkylation sites (tertiary alicyclic amines) is 2. The number of nitrogens with zero attached hydrogens (tertiary/aromatic N) is 4. The number of pyridine rings is 1. The van der Waals surface area contributed by atoms with Gasteiger partial charge in [0, 0.05) is 37.8 Å². The van der Waals surface area contributed by atoms with Gasteiger partial charge in [0.2, 0.25) is 0 Å². The Hall–Kier alpha value is -2.93. The van der Waals surface area contributed by atoms with Gasteiger partial charge in [0.15, 0.2) is 5.65 Å².